The first-order valence-electron chi connectivity index (χ1n) is 6.27. The molecule has 1 aliphatic rings. The van der Waals surface area contributed by atoms with Crippen molar-refractivity contribution in [2.45, 2.75) is 32.5 Å². The summed E-state index contributed by atoms with van der Waals surface area (Å²) in [4.78, 5) is 4.49. The van der Waals surface area contributed by atoms with Gasteiger partial charge in [0.25, 0.3) is 0 Å². The van der Waals surface area contributed by atoms with Crippen LogP contribution in [0.25, 0.3) is 0 Å². The van der Waals surface area contributed by atoms with Crippen molar-refractivity contribution in [3.63, 3.8) is 0 Å². The second kappa shape index (κ2) is 6.57. The Balaban J connectivity index is 1.82. The molecule has 0 saturated carbocycles. The molecule has 4 heteroatoms. The van der Waals surface area contributed by atoms with Gasteiger partial charge in [0.2, 0.25) is 0 Å². The number of aromatic nitrogens is 1. The summed E-state index contributed by atoms with van der Waals surface area (Å²) in [6.45, 7) is 5.19. The summed E-state index contributed by atoms with van der Waals surface area (Å²) < 4.78 is 11.0. The van der Waals surface area contributed by atoms with Crippen LogP contribution in [0.1, 0.15) is 25.5 Å². The Kier molecular flexibility index (Phi) is 4.76. The third-order valence-electron chi connectivity index (χ3n) is 2.72. The molecule has 0 amide bonds. The zero-order valence-corrected chi connectivity index (χ0v) is 10.3. The fourth-order valence-electron chi connectivity index (χ4n) is 1.76. The van der Waals surface area contributed by atoms with Crippen molar-refractivity contribution in [1.29, 1.82) is 0 Å². The number of hydrogen-bond donors (Lipinski definition) is 1. The summed E-state index contributed by atoms with van der Waals surface area (Å²) in [7, 11) is 0. The van der Waals surface area contributed by atoms with Crippen molar-refractivity contribution >= 4 is 5.82 Å². The van der Waals surface area contributed by atoms with Gasteiger partial charge in [-0.25, -0.2) is 4.98 Å². The molecule has 0 aromatic carbocycles. The van der Waals surface area contributed by atoms with E-state index >= 15 is 0 Å². The van der Waals surface area contributed by atoms with Crippen LogP contribution in [-0.2, 0) is 16.1 Å². The van der Waals surface area contributed by atoms with Gasteiger partial charge in [-0.1, -0.05) is 13.0 Å². The highest BCUT2D eigenvalue weighted by Crippen LogP contribution is 2.12. The molecule has 94 valence electrons. The van der Waals surface area contributed by atoms with E-state index < -0.39 is 0 Å². The molecule has 1 aromatic rings. The Hall–Kier alpha value is -1.13. The second-order valence-corrected chi connectivity index (χ2v) is 4.24. The van der Waals surface area contributed by atoms with Crippen LogP contribution in [0.3, 0.4) is 0 Å². The Labute approximate surface area is 102 Å². The van der Waals surface area contributed by atoms with Crippen molar-refractivity contribution in [1.82, 2.24) is 4.98 Å². The molecule has 0 spiro atoms. The molecule has 1 N–H and O–H groups in total. The van der Waals surface area contributed by atoms with E-state index in [4.69, 9.17) is 9.47 Å². The SMILES string of the molecule is CCCNc1cccc(COC2CCOC2)n1. The molecule has 0 radical (unpaired) electrons. The zero-order valence-electron chi connectivity index (χ0n) is 10.3. The van der Waals surface area contributed by atoms with Gasteiger partial charge in [-0.15, -0.1) is 0 Å². The monoisotopic (exact) mass is 236 g/mol. The van der Waals surface area contributed by atoms with E-state index in [2.05, 4.69) is 17.2 Å². The molecular weight excluding hydrogens is 216 g/mol. The Morgan fingerprint density at radius 1 is 1.53 bits per heavy atom. The van der Waals surface area contributed by atoms with E-state index in [9.17, 15) is 0 Å². The Morgan fingerprint density at radius 2 is 2.47 bits per heavy atom. The molecule has 1 aliphatic heterocycles. The molecule has 2 heterocycles. The van der Waals surface area contributed by atoms with Gasteiger partial charge in [-0.05, 0) is 25.0 Å². The van der Waals surface area contributed by atoms with E-state index in [0.29, 0.717) is 13.2 Å². The zero-order chi connectivity index (χ0) is 11.9. The minimum atomic E-state index is 0.240. The second-order valence-electron chi connectivity index (χ2n) is 4.24. The molecular formula is C13H20N2O2. The highest BCUT2D eigenvalue weighted by molar-refractivity contribution is 5.34. The lowest BCUT2D eigenvalue weighted by atomic mass is 10.3. The van der Waals surface area contributed by atoms with Gasteiger partial charge in [0.1, 0.15) is 5.82 Å². The molecule has 1 unspecified atom stereocenters. The smallest absolute Gasteiger partial charge is 0.126 e. The molecule has 1 fully saturated rings. The fraction of sp³-hybridized carbons (Fsp3) is 0.615. The van der Waals surface area contributed by atoms with Crippen LogP contribution >= 0.6 is 0 Å². The summed E-state index contributed by atoms with van der Waals surface area (Å²) in [6.07, 6.45) is 2.33. The topological polar surface area (TPSA) is 43.4 Å². The minimum Gasteiger partial charge on any atom is -0.379 e. The standard InChI is InChI=1S/C13H20N2O2/c1-2-7-14-13-5-3-4-11(15-13)9-17-12-6-8-16-10-12/h3-5,12H,2,6-10H2,1H3,(H,14,15). The first-order valence-corrected chi connectivity index (χ1v) is 6.27. The maximum Gasteiger partial charge on any atom is 0.126 e. The summed E-state index contributed by atoms with van der Waals surface area (Å²) >= 11 is 0. The first-order chi connectivity index (χ1) is 8.38. The molecule has 0 bridgehead atoms. The first kappa shape index (κ1) is 12.3. The van der Waals surface area contributed by atoms with Crippen LogP contribution in [0.15, 0.2) is 18.2 Å². The maximum absolute atomic E-state index is 5.73. The van der Waals surface area contributed by atoms with Crippen LogP contribution in [0.4, 0.5) is 5.82 Å². The number of rotatable bonds is 6. The quantitative estimate of drug-likeness (QED) is 0.822. The van der Waals surface area contributed by atoms with Crippen molar-refractivity contribution in [2.24, 2.45) is 0 Å². The van der Waals surface area contributed by atoms with E-state index in [1.807, 2.05) is 18.2 Å². The van der Waals surface area contributed by atoms with Crippen molar-refractivity contribution in [3.8, 4) is 0 Å². The lowest BCUT2D eigenvalue weighted by molar-refractivity contribution is 0.0302. The van der Waals surface area contributed by atoms with Gasteiger partial charge >= 0.3 is 0 Å². The Morgan fingerprint density at radius 3 is 3.24 bits per heavy atom. The van der Waals surface area contributed by atoms with E-state index in [1.54, 1.807) is 0 Å². The molecule has 1 saturated heterocycles. The average Bonchev–Trinajstić information content (AvgIpc) is 2.87. The van der Waals surface area contributed by atoms with Crippen LogP contribution in [0.5, 0.6) is 0 Å². The molecule has 2 rings (SSSR count). The van der Waals surface area contributed by atoms with Gasteiger partial charge in [0.05, 0.1) is 25.0 Å². The van der Waals surface area contributed by atoms with Gasteiger partial charge in [-0.2, -0.15) is 0 Å². The van der Waals surface area contributed by atoms with E-state index in [1.165, 1.54) is 0 Å². The van der Waals surface area contributed by atoms with E-state index in [-0.39, 0.29) is 6.10 Å². The summed E-state index contributed by atoms with van der Waals surface area (Å²) in [5.41, 5.74) is 0.970. The number of nitrogens with one attached hydrogen (secondary N) is 1. The Bertz CT molecular complexity index is 338. The minimum absolute atomic E-state index is 0.240. The van der Waals surface area contributed by atoms with Crippen LogP contribution < -0.4 is 5.32 Å². The molecule has 17 heavy (non-hydrogen) atoms. The van der Waals surface area contributed by atoms with Crippen molar-refractivity contribution < 1.29 is 9.47 Å². The summed E-state index contributed by atoms with van der Waals surface area (Å²) in [5, 5.41) is 3.27. The van der Waals surface area contributed by atoms with E-state index in [0.717, 1.165) is 37.5 Å². The summed E-state index contributed by atoms with van der Waals surface area (Å²) in [5.74, 6) is 0.927. The predicted octanol–water partition coefficient (Wildman–Crippen LogP) is 2.21. The number of ether oxygens (including phenoxy) is 2. The number of pyridine rings is 1. The van der Waals surface area contributed by atoms with Crippen molar-refractivity contribution in [2.75, 3.05) is 25.1 Å². The average molecular weight is 236 g/mol. The van der Waals surface area contributed by atoms with Crippen LogP contribution in [0, 0.1) is 0 Å². The van der Waals surface area contributed by atoms with Gasteiger partial charge in [-0.3, -0.25) is 0 Å². The van der Waals surface area contributed by atoms with Gasteiger partial charge in [0.15, 0.2) is 0 Å². The van der Waals surface area contributed by atoms with Crippen molar-refractivity contribution in [3.05, 3.63) is 23.9 Å². The normalized spacial score (nSPS) is 19.5. The molecule has 0 aliphatic carbocycles. The van der Waals surface area contributed by atoms with Crippen LogP contribution in [-0.4, -0.2) is 30.8 Å². The maximum atomic E-state index is 5.73. The van der Waals surface area contributed by atoms with Gasteiger partial charge in [0, 0.05) is 13.2 Å². The highest BCUT2D eigenvalue weighted by atomic mass is 16.5. The molecule has 1 aromatic heterocycles. The molecule has 1 atom stereocenters. The predicted molar refractivity (Wildman–Crippen MR) is 67.0 cm³/mol. The third-order valence-corrected chi connectivity index (χ3v) is 2.72. The fourth-order valence-corrected chi connectivity index (χ4v) is 1.76. The number of hydrogen-bond acceptors (Lipinski definition) is 4. The highest BCUT2D eigenvalue weighted by Gasteiger charge is 2.15. The number of anilines is 1. The third kappa shape index (κ3) is 3.98. The number of nitrogens with zero attached hydrogens (tertiary/aromatic N) is 1. The van der Waals surface area contributed by atoms with Gasteiger partial charge < -0.3 is 14.8 Å². The van der Waals surface area contributed by atoms with Crippen LogP contribution in [0.2, 0.25) is 0 Å². The molecule has 4 nitrogen and oxygen atoms in total. The summed E-state index contributed by atoms with van der Waals surface area (Å²) in [6, 6.07) is 5.99. The lowest BCUT2D eigenvalue weighted by Crippen LogP contribution is -2.13. The largest absolute Gasteiger partial charge is 0.379 e. The lowest BCUT2D eigenvalue weighted by Gasteiger charge is -2.10.